The van der Waals surface area contributed by atoms with Gasteiger partial charge in [-0.2, -0.15) is 0 Å². The Morgan fingerprint density at radius 1 is 1.33 bits per heavy atom. The summed E-state index contributed by atoms with van der Waals surface area (Å²) in [5.41, 5.74) is 3.95. The van der Waals surface area contributed by atoms with Crippen LogP contribution in [-0.4, -0.2) is 60.6 Å². The predicted molar refractivity (Wildman–Crippen MR) is 143 cm³/mol. The molecule has 1 aliphatic carbocycles. The van der Waals surface area contributed by atoms with E-state index in [1.165, 1.54) is 28.9 Å². The number of hydrogen-bond donors (Lipinski definition) is 3. The van der Waals surface area contributed by atoms with Gasteiger partial charge in [0.25, 0.3) is 5.91 Å². The summed E-state index contributed by atoms with van der Waals surface area (Å²) >= 11 is 1.25. The minimum atomic E-state index is -1.31. The van der Waals surface area contributed by atoms with Gasteiger partial charge in [0.15, 0.2) is 23.4 Å². The highest BCUT2D eigenvalue weighted by Gasteiger charge is 2.67. The molecule has 1 saturated carbocycles. The highest BCUT2D eigenvalue weighted by molar-refractivity contribution is 8.15. The molecule has 1 aromatic carbocycles. The number of aromatic nitrogens is 2. The van der Waals surface area contributed by atoms with E-state index in [-0.39, 0.29) is 47.1 Å². The van der Waals surface area contributed by atoms with E-state index in [1.54, 1.807) is 27.7 Å². The summed E-state index contributed by atoms with van der Waals surface area (Å²) < 4.78 is 34.6. The summed E-state index contributed by atoms with van der Waals surface area (Å²) in [5.74, 6) is -0.956. The number of carboxylic acid groups (broad SMARTS) is 1. The summed E-state index contributed by atoms with van der Waals surface area (Å²) in [4.78, 5) is 38.5. The number of amides is 2. The monoisotopic (exact) mass is 558 g/mol. The van der Waals surface area contributed by atoms with Crippen molar-refractivity contribution in [1.82, 2.24) is 14.9 Å². The maximum atomic E-state index is 15.3. The number of rotatable bonds is 7. The third-order valence-electron chi connectivity index (χ3n) is 6.82. The third-order valence-corrected chi connectivity index (χ3v) is 8.10. The van der Waals surface area contributed by atoms with Crippen molar-refractivity contribution in [3.8, 4) is 18.2 Å². The summed E-state index contributed by atoms with van der Waals surface area (Å²) in [5, 5.41) is 12.5. The van der Waals surface area contributed by atoms with Gasteiger partial charge in [-0.1, -0.05) is 17.7 Å². The van der Waals surface area contributed by atoms with Crippen molar-refractivity contribution in [3.63, 3.8) is 0 Å². The summed E-state index contributed by atoms with van der Waals surface area (Å²) in [7, 11) is 0. The normalized spacial score (nSPS) is 23.6. The number of aliphatic imine (C=N–C) groups is 1. The van der Waals surface area contributed by atoms with Crippen LogP contribution in [0.25, 0.3) is 0 Å². The first kappa shape index (κ1) is 28.1. The van der Waals surface area contributed by atoms with Crippen LogP contribution >= 0.6 is 11.8 Å². The van der Waals surface area contributed by atoms with Crippen molar-refractivity contribution in [2.75, 3.05) is 18.5 Å². The molecule has 0 saturated heterocycles. The smallest absolute Gasteiger partial charge is 0.407 e. The Hall–Kier alpha value is -3.92. The number of anilines is 1. The van der Waals surface area contributed by atoms with E-state index in [1.807, 2.05) is 0 Å². The molecule has 2 heterocycles. The van der Waals surface area contributed by atoms with Crippen molar-refractivity contribution in [1.29, 1.82) is 0 Å². The number of nitrogens with zero attached hydrogens (tertiary/aromatic N) is 4. The quantitative estimate of drug-likeness (QED) is 0.435. The Balaban J connectivity index is 1.63. The van der Waals surface area contributed by atoms with Gasteiger partial charge in [-0.15, -0.1) is 6.42 Å². The van der Waals surface area contributed by atoms with E-state index in [9.17, 15) is 19.1 Å². The Morgan fingerprint density at radius 2 is 2.05 bits per heavy atom. The fourth-order valence-corrected chi connectivity index (χ4v) is 6.28. The largest absolute Gasteiger partial charge is 0.465 e. The second-order valence-corrected chi connectivity index (χ2v) is 12.0. The molecule has 0 unspecified atom stereocenters. The van der Waals surface area contributed by atoms with Crippen LogP contribution in [0.15, 0.2) is 29.5 Å². The van der Waals surface area contributed by atoms with Gasteiger partial charge < -0.3 is 25.8 Å². The molecular weight excluding hydrogens is 530 g/mol. The standard InChI is InChI=1S/C26H28F2N6O4S/c1-6-7-38-19-12-30-17(11-31-19)21(35)32-14-8-15(20(28)16(27)9-14)25(5)18-10-26(18,39-22(29)33-25)13-34(23(36)37)24(2,3)4/h1,8-9,11-12,18H,7,10,13H2,2-5H3,(H2,29,33)(H,32,35)(H,36,37)/t18-,25+,26+/m0/s1. The average molecular weight is 559 g/mol. The Bertz CT molecular complexity index is 1390. The van der Waals surface area contributed by atoms with Crippen molar-refractivity contribution in [3.05, 3.63) is 47.4 Å². The predicted octanol–water partition coefficient (Wildman–Crippen LogP) is 3.83. The fourth-order valence-electron chi connectivity index (χ4n) is 4.81. The highest BCUT2D eigenvalue weighted by atomic mass is 32.2. The van der Waals surface area contributed by atoms with Gasteiger partial charge in [-0.25, -0.2) is 23.5 Å². The van der Waals surface area contributed by atoms with Crippen LogP contribution < -0.4 is 15.8 Å². The van der Waals surface area contributed by atoms with Gasteiger partial charge in [-0.3, -0.25) is 9.79 Å². The van der Waals surface area contributed by atoms with Crippen LogP contribution in [-0.2, 0) is 5.54 Å². The Labute approximate surface area is 228 Å². The summed E-state index contributed by atoms with van der Waals surface area (Å²) in [6, 6.07) is 2.16. The van der Waals surface area contributed by atoms with E-state index in [2.05, 4.69) is 26.2 Å². The zero-order valence-corrected chi connectivity index (χ0v) is 22.6. The Kier molecular flexibility index (Phi) is 7.20. The second kappa shape index (κ2) is 10.00. The van der Waals surface area contributed by atoms with Crippen LogP contribution in [0.1, 0.15) is 50.2 Å². The van der Waals surface area contributed by atoms with E-state index in [4.69, 9.17) is 16.9 Å². The summed E-state index contributed by atoms with van der Waals surface area (Å²) in [6.07, 6.45) is 6.90. The van der Waals surface area contributed by atoms with Gasteiger partial charge in [0.05, 0.1) is 17.9 Å². The lowest BCUT2D eigenvalue weighted by Crippen LogP contribution is -2.51. The lowest BCUT2D eigenvalue weighted by atomic mass is 9.85. The molecule has 1 fully saturated rings. The first-order valence-electron chi connectivity index (χ1n) is 11.9. The first-order chi connectivity index (χ1) is 18.2. The number of benzene rings is 1. The molecule has 39 heavy (non-hydrogen) atoms. The van der Waals surface area contributed by atoms with E-state index < -0.39 is 39.5 Å². The number of carbonyl (C=O) groups is 2. The van der Waals surface area contributed by atoms with Gasteiger partial charge in [0, 0.05) is 40.1 Å². The minimum Gasteiger partial charge on any atom is -0.465 e. The maximum Gasteiger partial charge on any atom is 0.407 e. The maximum absolute atomic E-state index is 15.3. The van der Waals surface area contributed by atoms with Crippen LogP contribution in [0, 0.1) is 29.9 Å². The SMILES string of the molecule is C#CCOc1cnc(C(=O)Nc2cc(F)c(F)c([C@@]3(C)N=C(N)S[C@@]4(CN(C(=O)O)C(C)(C)C)C[C@H]43)c2)cn1. The molecular formula is C26H28F2N6O4S. The number of carbonyl (C=O) groups excluding carboxylic acids is 1. The molecule has 1 aliphatic heterocycles. The van der Waals surface area contributed by atoms with Crippen LogP contribution in [0.3, 0.4) is 0 Å². The van der Waals surface area contributed by atoms with Gasteiger partial charge in [0.2, 0.25) is 5.88 Å². The number of halogens is 2. The highest BCUT2D eigenvalue weighted by Crippen LogP contribution is 2.66. The van der Waals surface area contributed by atoms with Crippen molar-refractivity contribution < 1.29 is 28.2 Å². The number of hydrogen-bond acceptors (Lipinski definition) is 8. The molecule has 206 valence electrons. The molecule has 13 heteroatoms. The fraction of sp³-hybridized carbons (Fsp3) is 0.423. The molecule has 10 nitrogen and oxygen atoms in total. The molecule has 1 aromatic heterocycles. The molecule has 2 aromatic rings. The number of fused-ring (bicyclic) bond motifs is 1. The topological polar surface area (TPSA) is 143 Å². The van der Waals surface area contributed by atoms with E-state index >= 15 is 4.39 Å². The van der Waals surface area contributed by atoms with Gasteiger partial charge >= 0.3 is 6.09 Å². The van der Waals surface area contributed by atoms with Crippen LogP contribution in [0.4, 0.5) is 19.3 Å². The molecule has 3 atom stereocenters. The average Bonchev–Trinajstić information content (AvgIpc) is 3.58. The number of nitrogens with one attached hydrogen (secondary N) is 1. The van der Waals surface area contributed by atoms with Gasteiger partial charge in [-0.05, 0) is 40.2 Å². The minimum absolute atomic E-state index is 0.0189. The lowest BCUT2D eigenvalue weighted by Gasteiger charge is -2.40. The summed E-state index contributed by atoms with van der Waals surface area (Å²) in [6.45, 7) is 7.09. The number of terminal acetylenes is 1. The van der Waals surface area contributed by atoms with Crippen molar-refractivity contribution in [2.45, 2.75) is 49.9 Å². The zero-order valence-electron chi connectivity index (χ0n) is 21.8. The van der Waals surface area contributed by atoms with Crippen LogP contribution in [0.2, 0.25) is 0 Å². The molecule has 2 aliphatic rings. The molecule has 4 N–H and O–H groups in total. The molecule has 2 amide bonds. The zero-order chi connectivity index (χ0) is 28.8. The number of ether oxygens (including phenoxy) is 1. The third kappa shape index (κ3) is 5.47. The molecule has 0 bridgehead atoms. The van der Waals surface area contributed by atoms with E-state index in [0.29, 0.717) is 6.42 Å². The second-order valence-electron chi connectivity index (χ2n) is 10.6. The van der Waals surface area contributed by atoms with E-state index in [0.717, 1.165) is 12.3 Å². The molecule has 0 radical (unpaired) electrons. The van der Waals surface area contributed by atoms with Crippen LogP contribution in [0.5, 0.6) is 5.88 Å². The van der Waals surface area contributed by atoms with Crippen molar-refractivity contribution >= 4 is 34.6 Å². The number of amidine groups is 1. The first-order valence-corrected chi connectivity index (χ1v) is 12.8. The molecule has 0 spiro atoms. The lowest BCUT2D eigenvalue weighted by molar-refractivity contribution is 0.0972. The molecule has 4 rings (SSSR count). The number of nitrogens with two attached hydrogens (primary N) is 1. The number of thioether (sulfide) groups is 1. The van der Waals surface area contributed by atoms with Gasteiger partial charge in [0.1, 0.15) is 5.69 Å². The Morgan fingerprint density at radius 3 is 2.64 bits per heavy atom. The van der Waals surface area contributed by atoms with Crippen molar-refractivity contribution in [2.24, 2.45) is 16.6 Å².